The Hall–Kier alpha value is -9.40. The number of carboxylic acid groups (broad SMARTS) is 1. The van der Waals surface area contributed by atoms with Crippen LogP contribution < -0.4 is 26.2 Å². The molecule has 26 nitrogen and oxygen atoms in total. The molecule has 6 aromatic rings. The summed E-state index contributed by atoms with van der Waals surface area (Å²) in [6, 6.07) is 19.9. The van der Waals surface area contributed by atoms with Crippen molar-refractivity contribution in [2.75, 3.05) is 67.8 Å². The van der Waals surface area contributed by atoms with Crippen molar-refractivity contribution in [3.63, 3.8) is 0 Å². The van der Waals surface area contributed by atoms with Crippen LogP contribution in [0.2, 0.25) is 0 Å². The molecule has 28 heteroatoms. The predicted molar refractivity (Wildman–Crippen MR) is 386 cm³/mol. The van der Waals surface area contributed by atoms with E-state index in [0.29, 0.717) is 89.8 Å². The molecule has 3 aromatic carbocycles. The highest BCUT2D eigenvalue weighted by atomic mass is 32.2. The lowest BCUT2D eigenvalue weighted by Crippen LogP contribution is -2.64. The summed E-state index contributed by atoms with van der Waals surface area (Å²) in [6.45, 7) is 13.6. The number of anilines is 3. The molecule has 103 heavy (non-hydrogen) atoms. The van der Waals surface area contributed by atoms with Gasteiger partial charge >= 0.3 is 12.1 Å². The number of benzene rings is 3. The summed E-state index contributed by atoms with van der Waals surface area (Å²) in [5.74, 6) is 1.86. The fourth-order valence-electron chi connectivity index (χ4n) is 16.4. The zero-order valence-electron chi connectivity index (χ0n) is 59.1. The van der Waals surface area contributed by atoms with Gasteiger partial charge in [0.05, 0.1) is 34.4 Å². The lowest BCUT2D eigenvalue weighted by molar-refractivity contribution is -0.248. The monoisotopic (exact) mass is 1450 g/mol. The minimum atomic E-state index is -4.18. The summed E-state index contributed by atoms with van der Waals surface area (Å²) in [7, 11) is -2.54. The molecule has 4 bridgehead atoms. The second kappa shape index (κ2) is 31.3. The molecule has 0 saturated heterocycles. The molecule has 0 spiro atoms. The third kappa shape index (κ3) is 18.2. The van der Waals surface area contributed by atoms with Gasteiger partial charge < -0.3 is 45.1 Å². The highest BCUT2D eigenvalue weighted by Crippen LogP contribution is 2.72. The number of unbranched alkanes of at least 4 members (excludes halogenated alkanes) is 2. The van der Waals surface area contributed by atoms with Gasteiger partial charge in [-0.1, -0.05) is 87.6 Å². The van der Waals surface area contributed by atoms with Crippen LogP contribution in [0.5, 0.6) is 0 Å². The quantitative estimate of drug-likeness (QED) is 0.0106. The molecular formula is C75H89N11O15S2. The van der Waals surface area contributed by atoms with Crippen LogP contribution in [0, 0.1) is 40.9 Å². The van der Waals surface area contributed by atoms with E-state index < -0.39 is 57.4 Å². The van der Waals surface area contributed by atoms with E-state index >= 15 is 0 Å². The van der Waals surface area contributed by atoms with Gasteiger partial charge in [0.1, 0.15) is 31.1 Å². The van der Waals surface area contributed by atoms with Crippen LogP contribution in [-0.4, -0.2) is 165 Å². The molecular weight excluding hydrogens is 1360 g/mol. The number of nitrogens with zero attached hydrogens (tertiary/aromatic N) is 7. The van der Waals surface area contributed by atoms with Gasteiger partial charge in [0.2, 0.25) is 17.7 Å². The number of pyridine rings is 1. The Labute approximate surface area is 602 Å². The fraction of sp³-hybridized carbons (Fsp3) is 0.480. The second-order valence-corrected chi connectivity index (χ2v) is 31.9. The first-order valence-electron chi connectivity index (χ1n) is 34.9. The van der Waals surface area contributed by atoms with Crippen molar-refractivity contribution >= 4 is 95.8 Å². The fourth-order valence-corrected chi connectivity index (χ4v) is 17.8. The van der Waals surface area contributed by atoms with Gasteiger partial charge in [0.25, 0.3) is 27.8 Å². The third-order valence-corrected chi connectivity index (χ3v) is 21.9. The number of likely N-dealkylation sites (N-methyl/N-ethyl adjacent to an activating group) is 1. The Kier molecular flexibility index (Phi) is 22.7. The van der Waals surface area contributed by atoms with Crippen molar-refractivity contribution in [1.82, 2.24) is 40.2 Å². The topological polar surface area (TPSA) is 340 Å². The number of carbonyl (C=O) groups excluding carboxylic acids is 7. The zero-order valence-corrected chi connectivity index (χ0v) is 60.7. The first-order valence-corrected chi connectivity index (χ1v) is 37.3. The van der Waals surface area contributed by atoms with Crippen LogP contribution in [0.3, 0.4) is 0 Å². The standard InChI is InChI=1S/C75H89N11O15S2/c1-47(2)64(81-61(87)21-9-8-12-29-85-62(88)26-27-63(85)89)68(92)77-48(3)66(90)78-53-23-22-52(51(36-53)17-14-32-99-33-15-35-103(96,97)98)39-100-71(95)83(7)31-34-101-75-43-72(5)40-73(6,44-75)42-74(41-72,45-75)46-86-49(4)56(37-76-86)54-24-25-60(80-65(54)69(93)94)84-30-28-50-16-13-18-55(57(50)38-84)67(91)82-70-79-58-19-10-11-20-59(58)102-70/h10-11,13,16,18-20,22-27,36-37,47-48,64H,8-9,12,15,21,28-35,38-46H2,1-7H3,(H,77,92)(H,78,90)(H,81,87)(H,93,94)(H,79,82,91)(H,96,97,98)/t48-,64?,72?,73?,74?,75?/m0/s1. The number of aromatic carboxylic acids is 1. The molecule has 4 aliphatic carbocycles. The summed E-state index contributed by atoms with van der Waals surface area (Å²) in [4.78, 5) is 119. The summed E-state index contributed by atoms with van der Waals surface area (Å²) in [6.07, 6.45) is 11.4. The number of ether oxygens (including phenoxy) is 3. The van der Waals surface area contributed by atoms with E-state index in [2.05, 4.69) is 51.9 Å². The molecule has 7 amide bonds. The Morgan fingerprint density at radius 2 is 1.58 bits per heavy atom. The molecule has 2 aliphatic heterocycles. The highest BCUT2D eigenvalue weighted by molar-refractivity contribution is 7.85. The summed E-state index contributed by atoms with van der Waals surface area (Å²) >= 11 is 1.41. The number of nitrogens with one attached hydrogen (secondary N) is 4. The number of carboxylic acids is 1. The van der Waals surface area contributed by atoms with Crippen LogP contribution in [0.1, 0.15) is 154 Å². The number of para-hydroxylation sites is 1. The highest BCUT2D eigenvalue weighted by Gasteiger charge is 2.66. The molecule has 5 heterocycles. The Bertz CT molecular complexity index is 4430. The van der Waals surface area contributed by atoms with Crippen LogP contribution >= 0.6 is 11.3 Å². The number of amides is 7. The summed E-state index contributed by atoms with van der Waals surface area (Å²) < 4.78 is 52.9. The van der Waals surface area contributed by atoms with Gasteiger partial charge in [0, 0.05) is 104 Å². The number of fused-ring (bicyclic) bond motifs is 2. The minimum absolute atomic E-state index is 0.000159. The van der Waals surface area contributed by atoms with E-state index in [9.17, 15) is 51.9 Å². The predicted octanol–water partition coefficient (Wildman–Crippen LogP) is 9.50. The van der Waals surface area contributed by atoms with Crippen molar-refractivity contribution in [2.24, 2.45) is 22.2 Å². The molecule has 12 rings (SSSR count). The maximum atomic E-state index is 13.8. The van der Waals surface area contributed by atoms with E-state index in [1.807, 2.05) is 65.0 Å². The number of imide groups is 1. The maximum absolute atomic E-state index is 13.8. The molecule has 6 N–H and O–H groups in total. The van der Waals surface area contributed by atoms with E-state index in [4.69, 9.17) is 28.8 Å². The SMILES string of the molecule is Cc1c(-c2ccc(N3CCc4cccc(C(=O)Nc5nc6ccccc6s5)c4C3)nc2C(=O)O)cnn1CC12CC3(C)CC(C)(C1)CC(OCCN(C)C(=O)OCc1ccc(NC(=O)[C@H](C)NC(=O)C(NC(=O)CCCCCN4C(=O)C=CC4=O)C(C)C)cc1C#CCOCCCS(=O)(=O)O)(C3)C2. The minimum Gasteiger partial charge on any atom is -0.476 e. The van der Waals surface area contributed by atoms with E-state index in [-0.39, 0.29) is 104 Å². The van der Waals surface area contributed by atoms with Gasteiger partial charge in [-0.3, -0.25) is 48.2 Å². The number of thiazole rings is 1. The van der Waals surface area contributed by atoms with E-state index in [1.54, 1.807) is 51.4 Å². The number of hydrogen-bond acceptors (Lipinski definition) is 18. The molecule has 4 atom stereocenters. The normalized spacial score (nSPS) is 20.9. The molecule has 3 aromatic heterocycles. The molecule has 546 valence electrons. The summed E-state index contributed by atoms with van der Waals surface area (Å²) in [5.41, 5.74) is 5.48. The van der Waals surface area contributed by atoms with Gasteiger partial charge in [-0.25, -0.2) is 19.6 Å². The molecule has 3 unspecified atom stereocenters. The van der Waals surface area contributed by atoms with Crippen molar-refractivity contribution in [2.45, 2.75) is 156 Å². The first kappa shape index (κ1) is 74.8. The lowest BCUT2D eigenvalue weighted by atomic mass is 9.39. The number of carbonyl (C=O) groups is 8. The lowest BCUT2D eigenvalue weighted by Gasteiger charge is -2.69. The first-order chi connectivity index (χ1) is 49.0. The maximum Gasteiger partial charge on any atom is 0.409 e. The number of rotatable bonds is 30. The smallest absolute Gasteiger partial charge is 0.409 e. The number of aromatic nitrogens is 4. The van der Waals surface area contributed by atoms with Gasteiger partial charge in [-0.05, 0) is 154 Å². The Morgan fingerprint density at radius 3 is 2.31 bits per heavy atom. The average molecular weight is 1450 g/mol. The molecule has 6 aliphatic rings. The van der Waals surface area contributed by atoms with Crippen molar-refractivity contribution in [1.29, 1.82) is 0 Å². The van der Waals surface area contributed by atoms with Crippen LogP contribution in [0.25, 0.3) is 21.3 Å². The Balaban J connectivity index is 0.694. The largest absolute Gasteiger partial charge is 0.476 e. The van der Waals surface area contributed by atoms with E-state index in [1.165, 1.54) is 35.3 Å². The van der Waals surface area contributed by atoms with Crippen molar-refractivity contribution < 1.29 is 70.6 Å². The number of hydrogen-bond donors (Lipinski definition) is 6. The molecule has 4 fully saturated rings. The van der Waals surface area contributed by atoms with Gasteiger partial charge in [-0.15, -0.1) is 0 Å². The van der Waals surface area contributed by atoms with Gasteiger partial charge in [0.15, 0.2) is 10.8 Å². The second-order valence-electron chi connectivity index (χ2n) is 29.3. The summed E-state index contributed by atoms with van der Waals surface area (Å²) in [5, 5.41) is 27.5. The van der Waals surface area contributed by atoms with E-state index in [0.717, 1.165) is 70.5 Å². The van der Waals surface area contributed by atoms with Crippen molar-refractivity contribution in [3.8, 4) is 23.0 Å². The van der Waals surface area contributed by atoms with Crippen molar-refractivity contribution in [3.05, 3.63) is 130 Å². The molecule has 0 radical (unpaired) electrons. The van der Waals surface area contributed by atoms with Crippen LogP contribution in [-0.2, 0) is 74.4 Å². The molecule has 4 saturated carbocycles. The van der Waals surface area contributed by atoms with Crippen LogP contribution in [0.15, 0.2) is 91.1 Å². The van der Waals surface area contributed by atoms with Crippen LogP contribution in [0.4, 0.5) is 21.4 Å². The third-order valence-electron chi connectivity index (χ3n) is 20.1. The zero-order chi connectivity index (χ0) is 73.6. The van der Waals surface area contributed by atoms with Gasteiger partial charge in [-0.2, -0.15) is 13.5 Å². The average Bonchev–Trinajstić information content (AvgIpc) is 1.64. The Morgan fingerprint density at radius 1 is 0.825 bits per heavy atom.